The van der Waals surface area contributed by atoms with Crippen molar-refractivity contribution in [2.24, 2.45) is 0 Å². The highest BCUT2D eigenvalue weighted by atomic mass is 15.0. The summed E-state index contributed by atoms with van der Waals surface area (Å²) >= 11 is 0. The molecular weight excluding hydrogens is 160 g/mol. The van der Waals surface area contributed by atoms with Crippen LogP contribution in [0.5, 0.6) is 0 Å². The van der Waals surface area contributed by atoms with Crippen LogP contribution in [0.25, 0.3) is 12.3 Å². The highest BCUT2D eigenvalue weighted by molar-refractivity contribution is 5.43. The maximum Gasteiger partial charge on any atom is 0.136 e. The van der Waals surface area contributed by atoms with Crippen LogP contribution in [0.4, 0.5) is 0 Å². The molecule has 13 heavy (non-hydrogen) atoms. The number of hydrogen-bond donors (Lipinski definition) is 0. The van der Waals surface area contributed by atoms with Crippen LogP contribution < -0.4 is 0 Å². The van der Waals surface area contributed by atoms with Crippen molar-refractivity contribution in [2.45, 2.75) is 27.7 Å². The minimum absolute atomic E-state index is 0.889. The molecule has 0 amide bonds. The summed E-state index contributed by atoms with van der Waals surface area (Å²) in [4.78, 5) is 4.24. The SMILES string of the molecule is C=Cc1nc(C)cn1/C=C\C.CC. The minimum Gasteiger partial charge on any atom is -0.307 e. The number of nitrogens with zero attached hydrogens (tertiary/aromatic N) is 2. The first-order chi connectivity index (χ1) is 6.27. The Hall–Kier alpha value is -1.31. The van der Waals surface area contributed by atoms with Gasteiger partial charge in [0, 0.05) is 12.4 Å². The summed E-state index contributed by atoms with van der Waals surface area (Å²) in [6.45, 7) is 11.6. The molecule has 72 valence electrons. The van der Waals surface area contributed by atoms with Gasteiger partial charge in [0.25, 0.3) is 0 Å². The van der Waals surface area contributed by atoms with Gasteiger partial charge in [-0.25, -0.2) is 4.98 Å². The second-order valence-corrected chi connectivity index (χ2v) is 2.33. The van der Waals surface area contributed by atoms with Gasteiger partial charge in [-0.1, -0.05) is 26.5 Å². The Bertz CT molecular complexity index is 282. The largest absolute Gasteiger partial charge is 0.307 e. The Labute approximate surface area is 80.6 Å². The van der Waals surface area contributed by atoms with E-state index >= 15 is 0 Å². The second kappa shape index (κ2) is 6.23. The van der Waals surface area contributed by atoms with Gasteiger partial charge < -0.3 is 4.57 Å². The fourth-order valence-corrected chi connectivity index (χ4v) is 0.966. The predicted octanol–water partition coefficient (Wildman–Crippen LogP) is 3.35. The zero-order valence-electron chi connectivity index (χ0n) is 8.91. The van der Waals surface area contributed by atoms with E-state index in [-0.39, 0.29) is 0 Å². The molecule has 0 atom stereocenters. The lowest BCUT2D eigenvalue weighted by atomic mass is 10.5. The average molecular weight is 178 g/mol. The quantitative estimate of drug-likeness (QED) is 0.679. The lowest BCUT2D eigenvalue weighted by molar-refractivity contribution is 1.10. The second-order valence-electron chi connectivity index (χ2n) is 2.33. The third-order valence-electron chi connectivity index (χ3n) is 1.37. The highest BCUT2D eigenvalue weighted by Gasteiger charge is 1.96. The summed E-state index contributed by atoms with van der Waals surface area (Å²) in [6.07, 6.45) is 7.63. The van der Waals surface area contributed by atoms with E-state index in [2.05, 4.69) is 11.6 Å². The first kappa shape index (κ1) is 11.7. The molecule has 1 aromatic rings. The number of aromatic nitrogens is 2. The Balaban J connectivity index is 0.000000671. The van der Waals surface area contributed by atoms with Crippen LogP contribution in [0.2, 0.25) is 0 Å². The van der Waals surface area contributed by atoms with E-state index < -0.39 is 0 Å². The Morgan fingerprint density at radius 3 is 2.54 bits per heavy atom. The molecule has 1 rings (SSSR count). The van der Waals surface area contributed by atoms with Gasteiger partial charge in [0.1, 0.15) is 5.82 Å². The van der Waals surface area contributed by atoms with Crippen molar-refractivity contribution >= 4 is 12.3 Å². The number of allylic oxidation sites excluding steroid dienone is 1. The Morgan fingerprint density at radius 1 is 1.46 bits per heavy atom. The first-order valence-corrected chi connectivity index (χ1v) is 4.58. The molecule has 0 bridgehead atoms. The van der Waals surface area contributed by atoms with Gasteiger partial charge >= 0.3 is 0 Å². The van der Waals surface area contributed by atoms with Crippen molar-refractivity contribution in [1.82, 2.24) is 9.55 Å². The Kier molecular flexibility index (Phi) is 5.60. The lowest BCUT2D eigenvalue weighted by Gasteiger charge is -1.93. The molecule has 2 heteroatoms. The van der Waals surface area contributed by atoms with Crippen LogP contribution >= 0.6 is 0 Å². The van der Waals surface area contributed by atoms with Crippen molar-refractivity contribution in [3.8, 4) is 0 Å². The topological polar surface area (TPSA) is 17.8 Å². The molecule has 1 aromatic heterocycles. The third-order valence-corrected chi connectivity index (χ3v) is 1.37. The van der Waals surface area contributed by atoms with Gasteiger partial charge in [0.2, 0.25) is 0 Å². The van der Waals surface area contributed by atoms with Crippen molar-refractivity contribution in [1.29, 1.82) is 0 Å². The van der Waals surface area contributed by atoms with Gasteiger partial charge in [-0.05, 0) is 19.9 Å². The van der Waals surface area contributed by atoms with Crippen molar-refractivity contribution in [3.63, 3.8) is 0 Å². The standard InChI is InChI=1S/C9H12N2.C2H6/c1-4-6-11-7-8(3)10-9(11)5-2;1-2/h4-7H,2H2,1,3H3;1-2H3/b6-4-;. The minimum atomic E-state index is 0.889. The fraction of sp³-hybridized carbons (Fsp3) is 0.364. The molecule has 0 aliphatic heterocycles. The molecule has 1 heterocycles. The monoisotopic (exact) mass is 178 g/mol. The van der Waals surface area contributed by atoms with E-state index in [1.807, 2.05) is 50.7 Å². The zero-order valence-corrected chi connectivity index (χ0v) is 8.91. The Morgan fingerprint density at radius 2 is 2.08 bits per heavy atom. The van der Waals surface area contributed by atoms with Gasteiger partial charge in [0.05, 0.1) is 5.69 Å². The number of hydrogen-bond acceptors (Lipinski definition) is 1. The van der Waals surface area contributed by atoms with Crippen LogP contribution in [0.3, 0.4) is 0 Å². The molecule has 0 fully saturated rings. The van der Waals surface area contributed by atoms with Crippen LogP contribution in [0.15, 0.2) is 18.9 Å². The maximum absolute atomic E-state index is 4.24. The number of imidazole rings is 1. The van der Waals surface area contributed by atoms with E-state index in [9.17, 15) is 0 Å². The van der Waals surface area contributed by atoms with Gasteiger partial charge in [-0.3, -0.25) is 0 Å². The molecule has 0 radical (unpaired) electrons. The van der Waals surface area contributed by atoms with Crippen molar-refractivity contribution in [2.75, 3.05) is 0 Å². The van der Waals surface area contributed by atoms with E-state index in [0.717, 1.165) is 11.5 Å². The van der Waals surface area contributed by atoms with E-state index in [4.69, 9.17) is 0 Å². The third kappa shape index (κ3) is 3.28. The summed E-state index contributed by atoms with van der Waals surface area (Å²) in [5, 5.41) is 0. The summed E-state index contributed by atoms with van der Waals surface area (Å²) in [5.74, 6) is 0.889. The molecule has 0 aromatic carbocycles. The number of aryl methyl sites for hydroxylation is 1. The lowest BCUT2D eigenvalue weighted by Crippen LogP contribution is -1.86. The van der Waals surface area contributed by atoms with Gasteiger partial charge in [-0.2, -0.15) is 0 Å². The summed E-state index contributed by atoms with van der Waals surface area (Å²) < 4.78 is 1.95. The molecule has 0 unspecified atom stereocenters. The fourth-order valence-electron chi connectivity index (χ4n) is 0.966. The molecule has 0 spiro atoms. The van der Waals surface area contributed by atoms with E-state index in [1.165, 1.54) is 0 Å². The molecule has 0 aliphatic carbocycles. The first-order valence-electron chi connectivity index (χ1n) is 4.58. The summed E-state index contributed by atoms with van der Waals surface area (Å²) in [6, 6.07) is 0. The van der Waals surface area contributed by atoms with E-state index in [1.54, 1.807) is 6.08 Å². The average Bonchev–Trinajstić information content (AvgIpc) is 2.50. The molecule has 0 N–H and O–H groups in total. The van der Waals surface area contributed by atoms with Crippen molar-refractivity contribution < 1.29 is 0 Å². The molecule has 0 saturated carbocycles. The predicted molar refractivity (Wildman–Crippen MR) is 59.4 cm³/mol. The summed E-state index contributed by atoms with van der Waals surface area (Å²) in [7, 11) is 0. The van der Waals surface area contributed by atoms with Gasteiger partial charge in [0.15, 0.2) is 0 Å². The highest BCUT2D eigenvalue weighted by Crippen LogP contribution is 2.03. The van der Waals surface area contributed by atoms with Crippen LogP contribution in [-0.2, 0) is 0 Å². The number of rotatable bonds is 2. The van der Waals surface area contributed by atoms with Crippen molar-refractivity contribution in [3.05, 3.63) is 30.4 Å². The van der Waals surface area contributed by atoms with Gasteiger partial charge in [-0.15, -0.1) is 0 Å². The zero-order chi connectivity index (χ0) is 10.3. The molecule has 0 saturated heterocycles. The molecule has 0 aliphatic rings. The normalized spacial score (nSPS) is 9.54. The maximum atomic E-state index is 4.24. The smallest absolute Gasteiger partial charge is 0.136 e. The van der Waals surface area contributed by atoms with Crippen LogP contribution in [-0.4, -0.2) is 9.55 Å². The van der Waals surface area contributed by atoms with Crippen LogP contribution in [0.1, 0.15) is 32.3 Å². The van der Waals surface area contributed by atoms with Crippen LogP contribution in [0, 0.1) is 6.92 Å². The van der Waals surface area contributed by atoms with E-state index in [0.29, 0.717) is 0 Å². The molecule has 2 nitrogen and oxygen atoms in total. The molecular formula is C11H18N2. The summed E-state index contributed by atoms with van der Waals surface area (Å²) in [5.41, 5.74) is 1.01.